The monoisotopic (exact) mass is 190 g/mol. The van der Waals surface area contributed by atoms with E-state index >= 15 is 0 Å². The summed E-state index contributed by atoms with van der Waals surface area (Å²) in [4.78, 5) is 11.4. The quantitative estimate of drug-likeness (QED) is 0.624. The molecule has 74 valence electrons. The van der Waals surface area contributed by atoms with Crippen LogP contribution in [0.2, 0.25) is 0 Å². The summed E-state index contributed by atoms with van der Waals surface area (Å²) in [5.41, 5.74) is 2.37. The fourth-order valence-electron chi connectivity index (χ4n) is 2.27. The first kappa shape index (κ1) is 9.25. The van der Waals surface area contributed by atoms with Crippen LogP contribution in [0.15, 0.2) is 36.5 Å². The van der Waals surface area contributed by atoms with E-state index in [9.17, 15) is 4.79 Å². The Morgan fingerprint density at radius 2 is 1.86 bits per heavy atom. The number of carbonyl (C=O) groups excluding carboxylic acids is 1. The van der Waals surface area contributed by atoms with E-state index < -0.39 is 0 Å². The van der Waals surface area contributed by atoms with Gasteiger partial charge in [0.05, 0.1) is 12.5 Å². The molecule has 0 saturated carbocycles. The minimum atomic E-state index is -0.0440. The third kappa shape index (κ3) is 1.31. The van der Waals surface area contributed by atoms with Crippen molar-refractivity contribution in [1.82, 2.24) is 0 Å². The number of esters is 1. The third-order valence-electron chi connectivity index (χ3n) is 3.14. The molecular weight excluding hydrogens is 176 g/mol. The lowest BCUT2D eigenvalue weighted by Crippen LogP contribution is -2.21. The molecule has 1 aliphatic carbocycles. The Balaban J connectivity index is 2.28. The lowest BCUT2D eigenvalue weighted by atomic mass is 9.77. The number of carbonyl (C=O) groups is 1. The number of rotatable bonds is 2. The normalized spacial score (nSPS) is 31.0. The largest absolute Gasteiger partial charge is 0.465 e. The summed E-state index contributed by atoms with van der Waals surface area (Å²) in [6, 6.07) is 0. The Labute approximate surface area is 83.9 Å². The highest BCUT2D eigenvalue weighted by Crippen LogP contribution is 2.39. The van der Waals surface area contributed by atoms with E-state index in [2.05, 4.69) is 13.2 Å². The van der Waals surface area contributed by atoms with Crippen LogP contribution in [-0.4, -0.2) is 12.6 Å². The zero-order chi connectivity index (χ0) is 10.1. The van der Waals surface area contributed by atoms with Gasteiger partial charge in [-0.15, -0.1) is 0 Å². The molecule has 1 saturated heterocycles. The SMILES string of the molecule is C=CC1=C(C=C)CC2C(=O)OCC2C1. The molecule has 2 heteroatoms. The molecule has 1 aliphatic heterocycles. The predicted octanol–water partition coefficient (Wildman–Crippen LogP) is 2.24. The van der Waals surface area contributed by atoms with Crippen molar-refractivity contribution in [2.75, 3.05) is 6.61 Å². The zero-order valence-electron chi connectivity index (χ0n) is 8.16. The van der Waals surface area contributed by atoms with Gasteiger partial charge in [-0.1, -0.05) is 25.3 Å². The molecule has 0 aromatic rings. The Kier molecular flexibility index (Phi) is 2.28. The van der Waals surface area contributed by atoms with Gasteiger partial charge in [0.2, 0.25) is 0 Å². The molecule has 0 radical (unpaired) electrons. The maximum atomic E-state index is 11.4. The van der Waals surface area contributed by atoms with E-state index in [1.165, 1.54) is 5.57 Å². The molecule has 0 aromatic heterocycles. The fraction of sp³-hybridized carbons (Fsp3) is 0.417. The van der Waals surface area contributed by atoms with Crippen LogP contribution in [-0.2, 0) is 9.53 Å². The van der Waals surface area contributed by atoms with Gasteiger partial charge in [-0.3, -0.25) is 4.79 Å². The Hall–Kier alpha value is -1.31. The number of cyclic esters (lactones) is 1. The highest BCUT2D eigenvalue weighted by atomic mass is 16.5. The molecular formula is C12H14O2. The number of allylic oxidation sites excluding steroid dienone is 4. The van der Waals surface area contributed by atoms with Gasteiger partial charge in [-0.2, -0.15) is 0 Å². The van der Waals surface area contributed by atoms with Crippen molar-refractivity contribution in [3.8, 4) is 0 Å². The molecule has 0 aromatic carbocycles. The first-order chi connectivity index (χ1) is 6.76. The standard InChI is InChI=1S/C12H14O2/c1-3-8-5-10-7-14-12(13)11(10)6-9(8)4-2/h3-4,10-11H,1-2,5-7H2. The van der Waals surface area contributed by atoms with Crippen molar-refractivity contribution in [2.45, 2.75) is 12.8 Å². The lowest BCUT2D eigenvalue weighted by Gasteiger charge is -2.24. The average Bonchev–Trinajstić information content (AvgIpc) is 2.58. The van der Waals surface area contributed by atoms with Gasteiger partial charge in [0.1, 0.15) is 0 Å². The highest BCUT2D eigenvalue weighted by molar-refractivity contribution is 5.76. The number of hydrogen-bond acceptors (Lipinski definition) is 2. The van der Waals surface area contributed by atoms with Crippen LogP contribution in [0.25, 0.3) is 0 Å². The Morgan fingerprint density at radius 3 is 2.50 bits per heavy atom. The Morgan fingerprint density at radius 1 is 1.21 bits per heavy atom. The van der Waals surface area contributed by atoms with Gasteiger partial charge in [-0.25, -0.2) is 0 Å². The molecule has 2 atom stereocenters. The summed E-state index contributed by atoms with van der Waals surface area (Å²) in [5.74, 6) is 0.378. The second-order valence-corrected chi connectivity index (χ2v) is 3.86. The first-order valence-electron chi connectivity index (χ1n) is 4.89. The lowest BCUT2D eigenvalue weighted by molar-refractivity contribution is -0.141. The minimum absolute atomic E-state index is 0.0440. The van der Waals surface area contributed by atoms with E-state index in [1.54, 1.807) is 0 Å². The summed E-state index contributed by atoms with van der Waals surface area (Å²) in [6.45, 7) is 8.12. The van der Waals surface area contributed by atoms with E-state index in [0.29, 0.717) is 12.5 Å². The van der Waals surface area contributed by atoms with E-state index in [-0.39, 0.29) is 11.9 Å². The van der Waals surface area contributed by atoms with Crippen molar-refractivity contribution < 1.29 is 9.53 Å². The van der Waals surface area contributed by atoms with E-state index in [0.717, 1.165) is 18.4 Å². The van der Waals surface area contributed by atoms with Crippen molar-refractivity contribution in [3.63, 3.8) is 0 Å². The van der Waals surface area contributed by atoms with Crippen LogP contribution in [0.4, 0.5) is 0 Å². The molecule has 0 spiro atoms. The summed E-state index contributed by atoms with van der Waals surface area (Å²) < 4.78 is 5.05. The number of ether oxygens (including phenoxy) is 1. The maximum absolute atomic E-state index is 11.4. The van der Waals surface area contributed by atoms with Gasteiger partial charge in [-0.05, 0) is 24.0 Å². The number of fused-ring (bicyclic) bond motifs is 1. The van der Waals surface area contributed by atoms with Crippen LogP contribution in [0.5, 0.6) is 0 Å². The van der Waals surface area contributed by atoms with Crippen LogP contribution < -0.4 is 0 Å². The molecule has 0 amide bonds. The number of hydrogen-bond donors (Lipinski definition) is 0. The Bertz CT molecular complexity index is 325. The minimum Gasteiger partial charge on any atom is -0.465 e. The van der Waals surface area contributed by atoms with Crippen molar-refractivity contribution in [1.29, 1.82) is 0 Å². The molecule has 0 N–H and O–H groups in total. The third-order valence-corrected chi connectivity index (χ3v) is 3.14. The second-order valence-electron chi connectivity index (χ2n) is 3.86. The maximum Gasteiger partial charge on any atom is 0.309 e. The molecule has 0 bridgehead atoms. The summed E-state index contributed by atoms with van der Waals surface area (Å²) in [5, 5.41) is 0. The molecule has 2 rings (SSSR count). The van der Waals surface area contributed by atoms with Gasteiger partial charge in [0.15, 0.2) is 0 Å². The van der Waals surface area contributed by atoms with Crippen LogP contribution in [0.1, 0.15) is 12.8 Å². The molecule has 14 heavy (non-hydrogen) atoms. The van der Waals surface area contributed by atoms with E-state index in [4.69, 9.17) is 4.74 Å². The molecule has 2 unspecified atom stereocenters. The van der Waals surface area contributed by atoms with Crippen LogP contribution >= 0.6 is 0 Å². The summed E-state index contributed by atoms with van der Waals surface area (Å²) in [6.07, 6.45) is 5.38. The van der Waals surface area contributed by atoms with Gasteiger partial charge in [0.25, 0.3) is 0 Å². The van der Waals surface area contributed by atoms with Gasteiger partial charge in [0, 0.05) is 5.92 Å². The van der Waals surface area contributed by atoms with Gasteiger partial charge >= 0.3 is 5.97 Å². The summed E-state index contributed by atoms with van der Waals surface area (Å²) >= 11 is 0. The fourth-order valence-corrected chi connectivity index (χ4v) is 2.27. The topological polar surface area (TPSA) is 26.3 Å². The molecule has 1 heterocycles. The van der Waals surface area contributed by atoms with Crippen molar-refractivity contribution in [2.24, 2.45) is 11.8 Å². The van der Waals surface area contributed by atoms with Gasteiger partial charge < -0.3 is 4.74 Å². The highest BCUT2D eigenvalue weighted by Gasteiger charge is 2.39. The molecule has 2 aliphatic rings. The molecule has 2 nitrogen and oxygen atoms in total. The van der Waals surface area contributed by atoms with E-state index in [1.807, 2.05) is 12.2 Å². The average molecular weight is 190 g/mol. The first-order valence-corrected chi connectivity index (χ1v) is 4.89. The van der Waals surface area contributed by atoms with Crippen LogP contribution in [0, 0.1) is 11.8 Å². The smallest absolute Gasteiger partial charge is 0.309 e. The second kappa shape index (κ2) is 3.45. The molecule has 1 fully saturated rings. The zero-order valence-corrected chi connectivity index (χ0v) is 8.16. The predicted molar refractivity (Wildman–Crippen MR) is 54.6 cm³/mol. The van der Waals surface area contributed by atoms with Crippen LogP contribution in [0.3, 0.4) is 0 Å². The van der Waals surface area contributed by atoms with Crippen molar-refractivity contribution in [3.05, 3.63) is 36.5 Å². The summed E-state index contributed by atoms with van der Waals surface area (Å²) in [7, 11) is 0. The van der Waals surface area contributed by atoms with Crippen molar-refractivity contribution >= 4 is 5.97 Å².